The van der Waals surface area contributed by atoms with E-state index in [-0.39, 0.29) is 5.91 Å². The molecule has 1 saturated heterocycles. The molecule has 0 aliphatic carbocycles. The van der Waals surface area contributed by atoms with E-state index in [9.17, 15) is 4.79 Å². The summed E-state index contributed by atoms with van der Waals surface area (Å²) < 4.78 is 0. The van der Waals surface area contributed by atoms with Gasteiger partial charge >= 0.3 is 0 Å². The first-order valence-corrected chi connectivity index (χ1v) is 6.01. The summed E-state index contributed by atoms with van der Waals surface area (Å²) in [7, 11) is 0. The average molecular weight is 234 g/mol. The molecule has 0 spiro atoms. The number of piperazine rings is 1. The van der Waals surface area contributed by atoms with E-state index in [0.29, 0.717) is 12.2 Å². The molecule has 92 valence electrons. The Morgan fingerprint density at radius 2 is 2.24 bits per heavy atom. The van der Waals surface area contributed by atoms with Crippen LogP contribution in [0.5, 0.6) is 0 Å². The number of nitrogens with one attached hydrogen (secondary N) is 2. The molecule has 1 amide bonds. The number of amides is 1. The van der Waals surface area contributed by atoms with Gasteiger partial charge in [0.2, 0.25) is 5.91 Å². The smallest absolute Gasteiger partial charge is 0.225 e. The Hall–Kier alpha value is -1.62. The normalized spacial score (nSPS) is 15.7. The first-order valence-electron chi connectivity index (χ1n) is 6.01. The molecular formula is C12H18N4O. The van der Waals surface area contributed by atoms with Gasteiger partial charge in [0, 0.05) is 32.6 Å². The van der Waals surface area contributed by atoms with Gasteiger partial charge < -0.3 is 15.5 Å². The van der Waals surface area contributed by atoms with Gasteiger partial charge in [-0.25, -0.2) is 4.98 Å². The summed E-state index contributed by atoms with van der Waals surface area (Å²) in [6.07, 6.45) is 2.29. The second-order valence-corrected chi connectivity index (χ2v) is 4.04. The zero-order valence-electron chi connectivity index (χ0n) is 10.1. The molecule has 2 heterocycles. The van der Waals surface area contributed by atoms with Crippen LogP contribution >= 0.6 is 0 Å². The van der Waals surface area contributed by atoms with E-state index in [1.54, 1.807) is 0 Å². The summed E-state index contributed by atoms with van der Waals surface area (Å²) in [6, 6.07) is 3.86. The summed E-state index contributed by atoms with van der Waals surface area (Å²) in [6.45, 7) is 5.85. The molecule has 17 heavy (non-hydrogen) atoms. The summed E-state index contributed by atoms with van der Waals surface area (Å²) in [5.74, 6) is 0.614. The first-order chi connectivity index (χ1) is 8.29. The molecule has 0 radical (unpaired) electrons. The molecule has 1 aromatic rings. The zero-order valence-corrected chi connectivity index (χ0v) is 10.1. The fourth-order valence-electron chi connectivity index (χ4n) is 1.80. The van der Waals surface area contributed by atoms with Crippen molar-refractivity contribution >= 4 is 17.4 Å². The molecule has 0 aromatic carbocycles. The SMILES string of the molecule is CCC(=O)Nc1ccc(N2CCNCC2)cn1. The molecule has 0 atom stereocenters. The van der Waals surface area contributed by atoms with Crippen molar-refractivity contribution in [3.63, 3.8) is 0 Å². The molecule has 1 aliphatic heterocycles. The maximum absolute atomic E-state index is 11.2. The van der Waals surface area contributed by atoms with Crippen molar-refractivity contribution in [1.82, 2.24) is 10.3 Å². The number of carbonyl (C=O) groups is 1. The number of hydrogen-bond donors (Lipinski definition) is 2. The largest absolute Gasteiger partial charge is 0.368 e. The van der Waals surface area contributed by atoms with E-state index < -0.39 is 0 Å². The van der Waals surface area contributed by atoms with Crippen LogP contribution in [0.2, 0.25) is 0 Å². The molecule has 2 rings (SSSR count). The standard InChI is InChI=1S/C12H18N4O/c1-2-12(17)15-11-4-3-10(9-14-11)16-7-5-13-6-8-16/h3-4,9,13H,2,5-8H2,1H3,(H,14,15,17). The summed E-state index contributed by atoms with van der Waals surface area (Å²) in [5, 5.41) is 6.05. The molecule has 0 saturated carbocycles. The van der Waals surface area contributed by atoms with Gasteiger partial charge in [-0.15, -0.1) is 0 Å². The number of rotatable bonds is 3. The van der Waals surface area contributed by atoms with Crippen molar-refractivity contribution in [3.8, 4) is 0 Å². The Morgan fingerprint density at radius 3 is 2.82 bits per heavy atom. The second kappa shape index (κ2) is 5.63. The van der Waals surface area contributed by atoms with Gasteiger partial charge in [0.15, 0.2) is 0 Å². The van der Waals surface area contributed by atoms with Crippen molar-refractivity contribution in [2.45, 2.75) is 13.3 Å². The third-order valence-electron chi connectivity index (χ3n) is 2.82. The molecule has 2 N–H and O–H groups in total. The van der Waals surface area contributed by atoms with Gasteiger partial charge in [0.1, 0.15) is 5.82 Å². The average Bonchev–Trinajstić information content (AvgIpc) is 2.40. The van der Waals surface area contributed by atoms with Gasteiger partial charge in [0.25, 0.3) is 0 Å². The lowest BCUT2D eigenvalue weighted by Gasteiger charge is -2.29. The van der Waals surface area contributed by atoms with E-state index in [1.807, 2.05) is 25.3 Å². The molecule has 5 heteroatoms. The minimum atomic E-state index is -0.00702. The second-order valence-electron chi connectivity index (χ2n) is 4.04. The predicted octanol–water partition coefficient (Wildman–Crippen LogP) is 0.840. The number of aromatic nitrogens is 1. The van der Waals surface area contributed by atoms with Crippen molar-refractivity contribution in [3.05, 3.63) is 18.3 Å². The van der Waals surface area contributed by atoms with E-state index >= 15 is 0 Å². The minimum Gasteiger partial charge on any atom is -0.368 e. The van der Waals surface area contributed by atoms with Crippen LogP contribution in [0.1, 0.15) is 13.3 Å². The monoisotopic (exact) mass is 234 g/mol. The lowest BCUT2D eigenvalue weighted by molar-refractivity contribution is -0.115. The summed E-state index contributed by atoms with van der Waals surface area (Å²) in [5.41, 5.74) is 1.11. The van der Waals surface area contributed by atoms with Gasteiger partial charge in [-0.3, -0.25) is 4.79 Å². The van der Waals surface area contributed by atoms with Gasteiger partial charge in [-0.05, 0) is 12.1 Å². The Labute approximate surface area is 101 Å². The summed E-state index contributed by atoms with van der Waals surface area (Å²) in [4.78, 5) is 17.7. The summed E-state index contributed by atoms with van der Waals surface area (Å²) >= 11 is 0. The maximum atomic E-state index is 11.2. The topological polar surface area (TPSA) is 57.3 Å². The molecule has 0 unspecified atom stereocenters. The van der Waals surface area contributed by atoms with Crippen molar-refractivity contribution in [2.75, 3.05) is 36.4 Å². The van der Waals surface area contributed by atoms with Crippen LogP contribution in [0, 0.1) is 0 Å². The van der Waals surface area contributed by atoms with Crippen LogP contribution in [0.25, 0.3) is 0 Å². The zero-order chi connectivity index (χ0) is 12.1. The van der Waals surface area contributed by atoms with Crippen molar-refractivity contribution in [2.24, 2.45) is 0 Å². The van der Waals surface area contributed by atoms with Crippen LogP contribution < -0.4 is 15.5 Å². The minimum absolute atomic E-state index is 0.00702. The van der Waals surface area contributed by atoms with Gasteiger partial charge in [0.05, 0.1) is 11.9 Å². The number of nitrogens with zero attached hydrogens (tertiary/aromatic N) is 2. The highest BCUT2D eigenvalue weighted by Gasteiger charge is 2.10. The van der Waals surface area contributed by atoms with Crippen LogP contribution in [0.4, 0.5) is 11.5 Å². The lowest BCUT2D eigenvalue weighted by Crippen LogP contribution is -2.43. The third-order valence-corrected chi connectivity index (χ3v) is 2.82. The van der Waals surface area contributed by atoms with Crippen LogP contribution in [0.3, 0.4) is 0 Å². The van der Waals surface area contributed by atoms with E-state index in [2.05, 4.69) is 20.5 Å². The third kappa shape index (κ3) is 3.17. The van der Waals surface area contributed by atoms with Gasteiger partial charge in [-0.1, -0.05) is 6.92 Å². The number of anilines is 2. The Morgan fingerprint density at radius 1 is 1.47 bits per heavy atom. The Balaban J connectivity index is 1.99. The molecule has 1 aliphatic rings. The van der Waals surface area contributed by atoms with E-state index in [4.69, 9.17) is 0 Å². The first kappa shape index (κ1) is 11.9. The molecular weight excluding hydrogens is 216 g/mol. The van der Waals surface area contributed by atoms with Gasteiger partial charge in [-0.2, -0.15) is 0 Å². The number of carbonyl (C=O) groups excluding carboxylic acids is 1. The fourth-order valence-corrected chi connectivity index (χ4v) is 1.80. The number of pyridine rings is 1. The van der Waals surface area contributed by atoms with Crippen LogP contribution in [-0.2, 0) is 4.79 Å². The maximum Gasteiger partial charge on any atom is 0.225 e. The van der Waals surface area contributed by atoms with Crippen molar-refractivity contribution < 1.29 is 4.79 Å². The highest BCUT2D eigenvalue weighted by molar-refractivity contribution is 5.89. The molecule has 1 fully saturated rings. The fraction of sp³-hybridized carbons (Fsp3) is 0.500. The van der Waals surface area contributed by atoms with Crippen molar-refractivity contribution in [1.29, 1.82) is 0 Å². The highest BCUT2D eigenvalue weighted by Crippen LogP contribution is 2.15. The predicted molar refractivity (Wildman–Crippen MR) is 68.2 cm³/mol. The van der Waals surface area contributed by atoms with Crippen LogP contribution in [0.15, 0.2) is 18.3 Å². The Bertz CT molecular complexity index is 371. The molecule has 5 nitrogen and oxygen atoms in total. The molecule has 1 aromatic heterocycles. The quantitative estimate of drug-likeness (QED) is 0.813. The number of hydrogen-bond acceptors (Lipinski definition) is 4. The highest BCUT2D eigenvalue weighted by atomic mass is 16.1. The van der Waals surface area contributed by atoms with Crippen LogP contribution in [-0.4, -0.2) is 37.1 Å². The lowest BCUT2D eigenvalue weighted by atomic mass is 10.3. The molecule has 0 bridgehead atoms. The Kier molecular flexibility index (Phi) is 3.93. The van der Waals surface area contributed by atoms with E-state index in [1.165, 1.54) is 0 Å². The van der Waals surface area contributed by atoms with E-state index in [0.717, 1.165) is 31.9 Å².